The maximum absolute atomic E-state index is 11.5. The lowest BCUT2D eigenvalue weighted by Crippen LogP contribution is -2.42. The van der Waals surface area contributed by atoms with Gasteiger partial charge in [0.1, 0.15) is 5.25 Å². The minimum absolute atomic E-state index is 0.114. The second kappa shape index (κ2) is 14.9. The van der Waals surface area contributed by atoms with Crippen LogP contribution in [-0.2, 0) is 15.0 Å². The third-order valence-electron chi connectivity index (χ3n) is 4.49. The normalized spacial score (nSPS) is 15.9. The van der Waals surface area contributed by atoms with Gasteiger partial charge in [0.2, 0.25) is 0 Å². The Balaban J connectivity index is 4.22. The van der Waals surface area contributed by atoms with Crippen molar-refractivity contribution in [2.45, 2.75) is 101 Å². The van der Waals surface area contributed by atoms with Gasteiger partial charge in [-0.2, -0.15) is 8.42 Å². The van der Waals surface area contributed by atoms with Gasteiger partial charge in [0.15, 0.2) is 0 Å². The van der Waals surface area contributed by atoms with Gasteiger partial charge in [-0.15, -0.1) is 0 Å². The summed E-state index contributed by atoms with van der Waals surface area (Å²) in [5.74, 6) is 0. The SMILES string of the molecule is CCCCCCCC(O)C(O)C(CCCCCCCOO)S(=O)(=O)O. The van der Waals surface area contributed by atoms with Gasteiger partial charge in [-0.05, 0) is 19.3 Å². The minimum Gasteiger partial charge on any atom is -0.390 e. The van der Waals surface area contributed by atoms with Crippen molar-refractivity contribution in [3.63, 3.8) is 0 Å². The molecule has 0 saturated heterocycles. The predicted molar refractivity (Wildman–Crippen MR) is 97.0 cm³/mol. The van der Waals surface area contributed by atoms with E-state index in [0.29, 0.717) is 12.8 Å². The highest BCUT2D eigenvalue weighted by Gasteiger charge is 2.34. The first-order valence-corrected chi connectivity index (χ1v) is 10.9. The van der Waals surface area contributed by atoms with E-state index in [4.69, 9.17) is 5.26 Å². The summed E-state index contributed by atoms with van der Waals surface area (Å²) in [5.41, 5.74) is 0. The Morgan fingerprint density at radius 2 is 1.36 bits per heavy atom. The van der Waals surface area contributed by atoms with Gasteiger partial charge in [0, 0.05) is 0 Å². The van der Waals surface area contributed by atoms with E-state index in [1.807, 2.05) is 0 Å². The third kappa shape index (κ3) is 12.7. The number of aliphatic hydroxyl groups excluding tert-OH is 2. The Hall–Kier alpha value is -0.250. The van der Waals surface area contributed by atoms with Gasteiger partial charge >= 0.3 is 0 Å². The predicted octanol–water partition coefficient (Wildman–Crippen LogP) is 3.16. The van der Waals surface area contributed by atoms with Crippen LogP contribution >= 0.6 is 0 Å². The standard InChI is InChI=1S/C17H36O7S/c1-2-3-4-6-9-12-15(18)17(19)16(25(21,22)23)13-10-7-5-8-11-14-24-20/h15-20H,2-14H2,1H3,(H,21,22,23). The molecule has 0 bridgehead atoms. The van der Waals surface area contributed by atoms with Crippen LogP contribution < -0.4 is 0 Å². The van der Waals surface area contributed by atoms with E-state index in [-0.39, 0.29) is 13.0 Å². The van der Waals surface area contributed by atoms with Crippen molar-refractivity contribution in [2.75, 3.05) is 6.61 Å². The first-order valence-electron chi connectivity index (χ1n) is 9.43. The molecule has 0 aromatic heterocycles. The second-order valence-corrected chi connectivity index (χ2v) is 8.34. The molecule has 0 aromatic carbocycles. The van der Waals surface area contributed by atoms with Crippen LogP contribution in [0.2, 0.25) is 0 Å². The largest absolute Gasteiger partial charge is 0.390 e. The molecule has 0 fully saturated rings. The zero-order chi connectivity index (χ0) is 19.1. The Morgan fingerprint density at radius 3 is 1.92 bits per heavy atom. The maximum Gasteiger partial charge on any atom is 0.270 e. The van der Waals surface area contributed by atoms with Gasteiger partial charge in [-0.3, -0.25) is 9.81 Å². The molecule has 152 valence electrons. The van der Waals surface area contributed by atoms with Crippen LogP contribution in [0.1, 0.15) is 84.0 Å². The lowest BCUT2D eigenvalue weighted by molar-refractivity contribution is -0.242. The highest BCUT2D eigenvalue weighted by Crippen LogP contribution is 2.20. The summed E-state index contributed by atoms with van der Waals surface area (Å²) in [6.45, 7) is 2.38. The molecule has 0 rings (SSSR count). The highest BCUT2D eigenvalue weighted by molar-refractivity contribution is 7.86. The van der Waals surface area contributed by atoms with E-state index < -0.39 is 27.6 Å². The molecular formula is C17H36O7S. The van der Waals surface area contributed by atoms with Gasteiger partial charge in [0.25, 0.3) is 10.1 Å². The molecule has 0 aromatic rings. The van der Waals surface area contributed by atoms with Crippen LogP contribution in [0, 0.1) is 0 Å². The number of rotatable bonds is 17. The summed E-state index contributed by atoms with van der Waals surface area (Å²) in [4.78, 5) is 3.97. The zero-order valence-corrected chi connectivity index (χ0v) is 16.2. The van der Waals surface area contributed by atoms with Gasteiger partial charge in [0.05, 0.1) is 18.8 Å². The van der Waals surface area contributed by atoms with Crippen molar-refractivity contribution in [2.24, 2.45) is 0 Å². The van der Waals surface area contributed by atoms with E-state index in [1.54, 1.807) is 0 Å². The first-order chi connectivity index (χ1) is 11.8. The smallest absolute Gasteiger partial charge is 0.270 e. The fourth-order valence-corrected chi connectivity index (χ4v) is 3.91. The Labute approximate surface area is 152 Å². The maximum atomic E-state index is 11.5. The monoisotopic (exact) mass is 384 g/mol. The lowest BCUT2D eigenvalue weighted by Gasteiger charge is -2.24. The van der Waals surface area contributed by atoms with Gasteiger partial charge < -0.3 is 10.2 Å². The first kappa shape index (κ1) is 24.8. The summed E-state index contributed by atoms with van der Waals surface area (Å²) in [6.07, 6.45) is 6.48. The van der Waals surface area contributed by atoms with Crippen LogP contribution in [0.15, 0.2) is 0 Å². The number of unbranched alkanes of at least 4 members (excludes halogenated alkanes) is 8. The van der Waals surface area contributed by atoms with Crippen molar-refractivity contribution in [1.29, 1.82) is 0 Å². The van der Waals surface area contributed by atoms with Crippen LogP contribution in [-0.4, -0.2) is 52.5 Å². The summed E-state index contributed by atoms with van der Waals surface area (Å²) in [7, 11) is -4.41. The molecule has 3 atom stereocenters. The quantitative estimate of drug-likeness (QED) is 0.131. The Kier molecular flexibility index (Phi) is 14.7. The fourth-order valence-electron chi connectivity index (χ4n) is 2.91. The van der Waals surface area contributed by atoms with E-state index in [0.717, 1.165) is 57.8 Å². The van der Waals surface area contributed by atoms with Crippen molar-refractivity contribution in [3.8, 4) is 0 Å². The van der Waals surface area contributed by atoms with Gasteiger partial charge in [-0.1, -0.05) is 64.7 Å². The van der Waals surface area contributed by atoms with Crippen molar-refractivity contribution in [3.05, 3.63) is 0 Å². The molecule has 0 aliphatic rings. The molecule has 3 unspecified atom stereocenters. The summed E-state index contributed by atoms with van der Waals surface area (Å²) in [6, 6.07) is 0. The average molecular weight is 385 g/mol. The highest BCUT2D eigenvalue weighted by atomic mass is 32.2. The molecule has 8 heteroatoms. The van der Waals surface area contributed by atoms with E-state index in [9.17, 15) is 23.2 Å². The molecule has 0 aliphatic heterocycles. The molecule has 25 heavy (non-hydrogen) atoms. The van der Waals surface area contributed by atoms with Crippen LogP contribution in [0.5, 0.6) is 0 Å². The second-order valence-electron chi connectivity index (χ2n) is 6.70. The summed E-state index contributed by atoms with van der Waals surface area (Å²) >= 11 is 0. The molecular weight excluding hydrogens is 348 g/mol. The van der Waals surface area contributed by atoms with E-state index in [2.05, 4.69) is 11.8 Å². The van der Waals surface area contributed by atoms with E-state index in [1.165, 1.54) is 0 Å². The summed E-state index contributed by atoms with van der Waals surface area (Å²) in [5, 5.41) is 27.1. The third-order valence-corrected chi connectivity index (χ3v) is 5.77. The zero-order valence-electron chi connectivity index (χ0n) is 15.3. The van der Waals surface area contributed by atoms with Gasteiger partial charge in [-0.25, -0.2) is 4.89 Å². The average Bonchev–Trinajstić information content (AvgIpc) is 2.55. The molecule has 0 heterocycles. The molecule has 0 amide bonds. The van der Waals surface area contributed by atoms with E-state index >= 15 is 0 Å². The molecule has 4 N–H and O–H groups in total. The minimum atomic E-state index is -4.41. The van der Waals surface area contributed by atoms with Crippen LogP contribution in [0.3, 0.4) is 0 Å². The topological polar surface area (TPSA) is 124 Å². The molecule has 0 aliphatic carbocycles. The molecule has 0 spiro atoms. The molecule has 0 saturated carbocycles. The van der Waals surface area contributed by atoms with Crippen molar-refractivity contribution >= 4 is 10.1 Å². The fraction of sp³-hybridized carbons (Fsp3) is 1.00. The molecule has 0 radical (unpaired) electrons. The number of hydrogen-bond donors (Lipinski definition) is 4. The van der Waals surface area contributed by atoms with Crippen molar-refractivity contribution in [1.82, 2.24) is 0 Å². The Morgan fingerprint density at radius 1 is 0.840 bits per heavy atom. The lowest BCUT2D eigenvalue weighted by atomic mass is 9.99. The van der Waals surface area contributed by atoms with Crippen LogP contribution in [0.4, 0.5) is 0 Å². The Bertz CT molecular complexity index is 400. The molecule has 7 nitrogen and oxygen atoms in total. The summed E-state index contributed by atoms with van der Waals surface area (Å²) < 4.78 is 32.4. The number of aliphatic hydroxyl groups is 2. The number of hydrogen-bond acceptors (Lipinski definition) is 6. The van der Waals surface area contributed by atoms with Crippen LogP contribution in [0.25, 0.3) is 0 Å². The van der Waals surface area contributed by atoms with Crippen molar-refractivity contribution < 1.29 is 33.3 Å².